The number of carboxylic acid groups (broad SMARTS) is 1. The van der Waals surface area contributed by atoms with E-state index in [0.717, 1.165) is 24.2 Å². The molecular weight excluding hydrogens is 296 g/mol. The van der Waals surface area contributed by atoms with E-state index in [9.17, 15) is 14.7 Å². The first-order chi connectivity index (χ1) is 11.1. The second kappa shape index (κ2) is 5.15. The minimum Gasteiger partial charge on any atom is -0.491 e. The molecule has 0 bridgehead atoms. The monoisotopic (exact) mass is 316 g/mol. The molecule has 2 amide bonds. The number of para-hydroxylation sites is 1. The normalized spacial score (nSPS) is 31.4. The molecule has 6 heteroatoms. The van der Waals surface area contributed by atoms with Crippen LogP contribution in [0.25, 0.3) is 0 Å². The van der Waals surface area contributed by atoms with Crippen molar-refractivity contribution in [2.45, 2.75) is 25.3 Å². The summed E-state index contributed by atoms with van der Waals surface area (Å²) in [5, 5.41) is 12.6. The van der Waals surface area contributed by atoms with Gasteiger partial charge in [0.25, 0.3) is 0 Å². The highest BCUT2D eigenvalue weighted by Gasteiger charge is 2.56. The highest BCUT2D eigenvalue weighted by Crippen LogP contribution is 2.49. The second-order valence-electron chi connectivity index (χ2n) is 6.78. The lowest BCUT2D eigenvalue weighted by atomic mass is 9.81. The number of amides is 2. The van der Waals surface area contributed by atoms with Gasteiger partial charge in [0.1, 0.15) is 12.4 Å². The quantitative estimate of drug-likeness (QED) is 0.875. The number of urea groups is 1. The lowest BCUT2D eigenvalue weighted by Gasteiger charge is -2.24. The molecule has 2 fully saturated rings. The summed E-state index contributed by atoms with van der Waals surface area (Å²) in [5.74, 6) is 0.126. The van der Waals surface area contributed by atoms with Crippen LogP contribution >= 0.6 is 0 Å². The second-order valence-corrected chi connectivity index (χ2v) is 6.78. The summed E-state index contributed by atoms with van der Waals surface area (Å²) in [7, 11) is 0. The van der Waals surface area contributed by atoms with Gasteiger partial charge in [-0.1, -0.05) is 24.6 Å². The maximum absolute atomic E-state index is 12.6. The Balaban J connectivity index is 1.46. The zero-order valence-corrected chi connectivity index (χ0v) is 12.8. The standard InChI is InChI=1S/C17H20N2O4/c20-15(21)17-7-3-4-11(17)8-19(10-17)16(22)18-13-9-23-14-6-2-1-5-12(13)14/h1-2,5-6,11,13H,3-4,7-10H2,(H,18,22)(H,20,21)/t11-,13?,17+/m0/s1. The number of hydrogen-bond acceptors (Lipinski definition) is 3. The van der Waals surface area contributed by atoms with Crippen LogP contribution in [0.4, 0.5) is 4.79 Å². The molecule has 1 saturated carbocycles. The van der Waals surface area contributed by atoms with E-state index in [0.29, 0.717) is 26.1 Å². The molecule has 6 nitrogen and oxygen atoms in total. The van der Waals surface area contributed by atoms with Gasteiger partial charge in [0, 0.05) is 18.7 Å². The van der Waals surface area contributed by atoms with Crippen molar-refractivity contribution in [1.82, 2.24) is 10.2 Å². The maximum Gasteiger partial charge on any atom is 0.318 e. The number of carbonyl (C=O) groups excluding carboxylic acids is 1. The number of rotatable bonds is 2. The minimum atomic E-state index is -0.759. The molecule has 3 atom stereocenters. The molecule has 1 unspecified atom stereocenters. The zero-order chi connectivity index (χ0) is 16.0. The Bertz CT molecular complexity index is 662. The van der Waals surface area contributed by atoms with Crippen molar-refractivity contribution in [3.8, 4) is 5.75 Å². The van der Waals surface area contributed by atoms with Gasteiger partial charge in [0.15, 0.2) is 0 Å². The molecule has 2 N–H and O–H groups in total. The van der Waals surface area contributed by atoms with Crippen molar-refractivity contribution in [2.24, 2.45) is 11.3 Å². The first kappa shape index (κ1) is 14.4. The number of hydrogen-bond donors (Lipinski definition) is 2. The Morgan fingerprint density at radius 1 is 1.35 bits per heavy atom. The zero-order valence-electron chi connectivity index (χ0n) is 12.8. The summed E-state index contributed by atoms with van der Waals surface area (Å²) in [6.07, 6.45) is 2.51. The Kier molecular flexibility index (Phi) is 3.21. The van der Waals surface area contributed by atoms with Crippen molar-refractivity contribution < 1.29 is 19.4 Å². The summed E-state index contributed by atoms with van der Waals surface area (Å²) < 4.78 is 5.58. The fourth-order valence-corrected chi connectivity index (χ4v) is 4.32. The molecule has 0 radical (unpaired) electrons. The topological polar surface area (TPSA) is 78.9 Å². The Labute approximate surface area is 134 Å². The van der Waals surface area contributed by atoms with Gasteiger partial charge in [0.05, 0.1) is 11.5 Å². The number of carboxylic acids is 1. The predicted octanol–water partition coefficient (Wildman–Crippen LogP) is 2.02. The molecule has 3 aliphatic rings. The number of carbonyl (C=O) groups is 2. The summed E-state index contributed by atoms with van der Waals surface area (Å²) in [6.45, 7) is 1.27. The summed E-state index contributed by atoms with van der Waals surface area (Å²) in [6, 6.07) is 7.31. The predicted molar refractivity (Wildman–Crippen MR) is 82.2 cm³/mol. The van der Waals surface area contributed by atoms with E-state index >= 15 is 0 Å². The molecular formula is C17H20N2O4. The third-order valence-electron chi connectivity index (χ3n) is 5.58. The van der Waals surface area contributed by atoms with Crippen molar-refractivity contribution in [1.29, 1.82) is 0 Å². The van der Waals surface area contributed by atoms with Crippen LogP contribution in [0.15, 0.2) is 24.3 Å². The molecule has 122 valence electrons. The van der Waals surface area contributed by atoms with Gasteiger partial charge in [-0.15, -0.1) is 0 Å². The van der Waals surface area contributed by atoms with E-state index in [4.69, 9.17) is 4.74 Å². The maximum atomic E-state index is 12.6. The number of likely N-dealkylation sites (tertiary alicyclic amines) is 1. The summed E-state index contributed by atoms with van der Waals surface area (Å²) in [5.41, 5.74) is 0.245. The van der Waals surface area contributed by atoms with Crippen LogP contribution < -0.4 is 10.1 Å². The van der Waals surface area contributed by atoms with Crippen molar-refractivity contribution in [3.05, 3.63) is 29.8 Å². The Morgan fingerprint density at radius 3 is 2.96 bits per heavy atom. The van der Waals surface area contributed by atoms with Gasteiger partial charge < -0.3 is 20.1 Å². The molecule has 4 rings (SSSR count). The van der Waals surface area contributed by atoms with Crippen LogP contribution in [-0.2, 0) is 4.79 Å². The van der Waals surface area contributed by atoms with Crippen LogP contribution in [0, 0.1) is 11.3 Å². The van der Waals surface area contributed by atoms with Gasteiger partial charge in [-0.2, -0.15) is 0 Å². The number of nitrogens with one attached hydrogen (secondary N) is 1. The summed E-state index contributed by atoms with van der Waals surface area (Å²) >= 11 is 0. The third-order valence-corrected chi connectivity index (χ3v) is 5.58. The summed E-state index contributed by atoms with van der Waals surface area (Å²) in [4.78, 5) is 25.9. The molecule has 1 aromatic rings. The lowest BCUT2D eigenvalue weighted by Crippen LogP contribution is -2.43. The van der Waals surface area contributed by atoms with E-state index in [1.807, 2.05) is 24.3 Å². The highest BCUT2D eigenvalue weighted by molar-refractivity contribution is 5.81. The number of ether oxygens (including phenoxy) is 1. The van der Waals surface area contributed by atoms with E-state index in [-0.39, 0.29) is 18.0 Å². The number of benzene rings is 1. The van der Waals surface area contributed by atoms with Crippen LogP contribution in [0.3, 0.4) is 0 Å². The van der Waals surface area contributed by atoms with E-state index in [2.05, 4.69) is 5.32 Å². The fraction of sp³-hybridized carbons (Fsp3) is 0.529. The average molecular weight is 316 g/mol. The van der Waals surface area contributed by atoms with Crippen LogP contribution in [0.1, 0.15) is 30.9 Å². The van der Waals surface area contributed by atoms with Crippen molar-refractivity contribution >= 4 is 12.0 Å². The molecule has 2 heterocycles. The number of aliphatic carboxylic acids is 1. The molecule has 23 heavy (non-hydrogen) atoms. The Hall–Kier alpha value is -2.24. The molecule has 0 spiro atoms. The Morgan fingerprint density at radius 2 is 2.17 bits per heavy atom. The van der Waals surface area contributed by atoms with E-state index in [1.54, 1.807) is 4.90 Å². The van der Waals surface area contributed by atoms with Gasteiger partial charge in [-0.3, -0.25) is 4.79 Å². The fourth-order valence-electron chi connectivity index (χ4n) is 4.32. The molecule has 1 saturated heterocycles. The molecule has 0 aromatic heterocycles. The average Bonchev–Trinajstić information content (AvgIpc) is 3.19. The van der Waals surface area contributed by atoms with Gasteiger partial charge >= 0.3 is 12.0 Å². The number of nitrogens with zero attached hydrogens (tertiary/aromatic N) is 1. The largest absolute Gasteiger partial charge is 0.491 e. The molecule has 2 aliphatic heterocycles. The van der Waals surface area contributed by atoms with Crippen LogP contribution in [0.2, 0.25) is 0 Å². The van der Waals surface area contributed by atoms with Gasteiger partial charge in [-0.05, 0) is 24.8 Å². The lowest BCUT2D eigenvalue weighted by molar-refractivity contribution is -0.149. The van der Waals surface area contributed by atoms with Crippen LogP contribution in [0.5, 0.6) is 5.75 Å². The SMILES string of the molecule is O=C(NC1COc2ccccc21)N1C[C@@H]2CCC[C@@]2(C(=O)O)C1. The minimum absolute atomic E-state index is 0.0814. The molecule has 1 aromatic carbocycles. The van der Waals surface area contributed by atoms with Crippen LogP contribution in [-0.4, -0.2) is 41.7 Å². The smallest absolute Gasteiger partial charge is 0.318 e. The third kappa shape index (κ3) is 2.16. The number of fused-ring (bicyclic) bond motifs is 2. The van der Waals surface area contributed by atoms with Gasteiger partial charge in [-0.25, -0.2) is 4.79 Å². The van der Waals surface area contributed by atoms with E-state index in [1.165, 1.54) is 0 Å². The van der Waals surface area contributed by atoms with E-state index < -0.39 is 11.4 Å². The molecule has 1 aliphatic carbocycles. The first-order valence-electron chi connectivity index (χ1n) is 8.11. The van der Waals surface area contributed by atoms with Crippen molar-refractivity contribution in [2.75, 3.05) is 19.7 Å². The first-order valence-corrected chi connectivity index (χ1v) is 8.11. The van der Waals surface area contributed by atoms with Crippen molar-refractivity contribution in [3.63, 3.8) is 0 Å². The van der Waals surface area contributed by atoms with Gasteiger partial charge in [0.2, 0.25) is 0 Å². The highest BCUT2D eigenvalue weighted by atomic mass is 16.5.